The molecule has 3 aromatic carbocycles. The summed E-state index contributed by atoms with van der Waals surface area (Å²) in [4.78, 5) is 26.7. The molecule has 2 N–H and O–H groups in total. The van der Waals surface area contributed by atoms with E-state index in [-0.39, 0.29) is 11.9 Å². The number of nitrogens with zero attached hydrogens (tertiary/aromatic N) is 1. The molecule has 1 aliphatic heterocycles. The van der Waals surface area contributed by atoms with E-state index >= 15 is 0 Å². The second-order valence-corrected chi connectivity index (χ2v) is 7.80. The summed E-state index contributed by atoms with van der Waals surface area (Å²) in [5.74, 6) is 0.315. The van der Waals surface area contributed by atoms with Crippen LogP contribution in [0.25, 0.3) is 0 Å². The van der Waals surface area contributed by atoms with Gasteiger partial charge >= 0.3 is 6.03 Å². The summed E-state index contributed by atoms with van der Waals surface area (Å²) < 4.78 is 0. The smallest absolute Gasteiger partial charge is 0.321 e. The Bertz CT molecular complexity index is 1040. The number of aryl methyl sites for hydroxylation is 1. The van der Waals surface area contributed by atoms with Gasteiger partial charge in [0.15, 0.2) is 0 Å². The normalized spacial score (nSPS) is 13.4. The Labute approximate surface area is 176 Å². The fraction of sp³-hybridized carbons (Fsp3) is 0.200. The first-order chi connectivity index (χ1) is 14.6. The van der Waals surface area contributed by atoms with Gasteiger partial charge in [-0.25, -0.2) is 4.79 Å². The minimum Gasteiger partial charge on any atom is -0.324 e. The van der Waals surface area contributed by atoms with Crippen LogP contribution in [0.4, 0.5) is 16.2 Å². The Kier molecular flexibility index (Phi) is 5.80. The Morgan fingerprint density at radius 3 is 2.30 bits per heavy atom. The third-order valence-corrected chi connectivity index (χ3v) is 5.26. The maximum atomic E-state index is 12.5. The van der Waals surface area contributed by atoms with E-state index in [1.807, 2.05) is 35.2 Å². The summed E-state index contributed by atoms with van der Waals surface area (Å²) in [6, 6.07) is 24.7. The van der Waals surface area contributed by atoms with Crippen LogP contribution < -0.4 is 10.6 Å². The molecule has 5 heteroatoms. The molecule has 30 heavy (non-hydrogen) atoms. The number of carbonyl (C=O) groups is 2. The maximum absolute atomic E-state index is 12.5. The van der Waals surface area contributed by atoms with Gasteiger partial charge in [-0.3, -0.25) is 4.79 Å². The number of urea groups is 1. The van der Waals surface area contributed by atoms with E-state index < -0.39 is 0 Å². The predicted octanol–water partition coefficient (Wildman–Crippen LogP) is 4.95. The lowest BCUT2D eigenvalue weighted by Crippen LogP contribution is -2.52. The third kappa shape index (κ3) is 4.87. The molecule has 1 fully saturated rings. The number of amides is 3. The number of anilines is 2. The highest BCUT2D eigenvalue weighted by molar-refractivity contribution is 6.04. The molecule has 0 radical (unpaired) electrons. The second-order valence-electron chi connectivity index (χ2n) is 7.80. The van der Waals surface area contributed by atoms with Crippen LogP contribution in [0.1, 0.15) is 21.5 Å². The molecule has 0 saturated carbocycles. The first-order valence-corrected chi connectivity index (χ1v) is 10.1. The molecule has 0 atom stereocenters. The Balaban J connectivity index is 1.29. The van der Waals surface area contributed by atoms with Crippen molar-refractivity contribution in [3.8, 4) is 0 Å². The van der Waals surface area contributed by atoms with Gasteiger partial charge in [-0.15, -0.1) is 0 Å². The molecule has 1 heterocycles. The van der Waals surface area contributed by atoms with Crippen LogP contribution in [0.5, 0.6) is 0 Å². The van der Waals surface area contributed by atoms with Crippen LogP contribution in [0.3, 0.4) is 0 Å². The van der Waals surface area contributed by atoms with E-state index in [0.29, 0.717) is 22.9 Å². The zero-order valence-corrected chi connectivity index (χ0v) is 17.0. The van der Waals surface area contributed by atoms with Crippen LogP contribution in [0, 0.1) is 12.8 Å². The van der Waals surface area contributed by atoms with E-state index in [1.54, 1.807) is 24.3 Å². The van der Waals surface area contributed by atoms with Crippen LogP contribution in [0.15, 0.2) is 78.9 Å². The lowest BCUT2D eigenvalue weighted by molar-refractivity contribution is 0.102. The van der Waals surface area contributed by atoms with Gasteiger partial charge in [0.05, 0.1) is 0 Å². The summed E-state index contributed by atoms with van der Waals surface area (Å²) >= 11 is 0. The van der Waals surface area contributed by atoms with Crippen LogP contribution >= 0.6 is 0 Å². The maximum Gasteiger partial charge on any atom is 0.321 e. The molecular weight excluding hydrogens is 374 g/mol. The summed E-state index contributed by atoms with van der Waals surface area (Å²) in [6.45, 7) is 3.61. The van der Waals surface area contributed by atoms with Gasteiger partial charge < -0.3 is 15.5 Å². The summed E-state index contributed by atoms with van der Waals surface area (Å²) in [6.07, 6.45) is 0.993. The SMILES string of the molecule is Cc1cccc(CC2CN(C(=O)Nc3cccc(NC(=O)c4ccccc4)c3)C2)c1. The van der Waals surface area contributed by atoms with Gasteiger partial charge in [-0.1, -0.05) is 54.1 Å². The average Bonchev–Trinajstić information content (AvgIpc) is 2.71. The topological polar surface area (TPSA) is 61.4 Å². The number of rotatable bonds is 5. The van der Waals surface area contributed by atoms with Crippen LogP contribution in [0.2, 0.25) is 0 Å². The van der Waals surface area contributed by atoms with Crippen molar-refractivity contribution in [1.29, 1.82) is 0 Å². The first kappa shape index (κ1) is 19.7. The quantitative estimate of drug-likeness (QED) is 0.637. The van der Waals surface area contributed by atoms with Crippen molar-refractivity contribution in [1.82, 2.24) is 4.90 Å². The molecule has 0 spiro atoms. The van der Waals surface area contributed by atoms with Gasteiger partial charge in [0.25, 0.3) is 5.91 Å². The van der Waals surface area contributed by atoms with Gasteiger partial charge in [-0.05, 0) is 55.2 Å². The minimum absolute atomic E-state index is 0.109. The number of nitrogens with one attached hydrogen (secondary N) is 2. The van der Waals surface area contributed by atoms with E-state index in [4.69, 9.17) is 0 Å². The molecule has 3 amide bonds. The molecule has 1 saturated heterocycles. The molecule has 0 bridgehead atoms. The number of hydrogen-bond donors (Lipinski definition) is 2. The highest BCUT2D eigenvalue weighted by atomic mass is 16.2. The van der Waals surface area contributed by atoms with E-state index in [1.165, 1.54) is 11.1 Å². The van der Waals surface area contributed by atoms with E-state index in [2.05, 4.69) is 41.8 Å². The zero-order chi connectivity index (χ0) is 20.9. The number of benzene rings is 3. The Hall–Kier alpha value is -3.60. The number of hydrogen-bond acceptors (Lipinski definition) is 2. The Morgan fingerprint density at radius 1 is 0.867 bits per heavy atom. The fourth-order valence-corrected chi connectivity index (χ4v) is 3.71. The van der Waals surface area contributed by atoms with Crippen molar-refractivity contribution in [2.24, 2.45) is 5.92 Å². The monoisotopic (exact) mass is 399 g/mol. The highest BCUT2D eigenvalue weighted by Crippen LogP contribution is 2.23. The lowest BCUT2D eigenvalue weighted by atomic mass is 9.92. The van der Waals surface area contributed by atoms with Crippen molar-refractivity contribution in [3.05, 3.63) is 95.6 Å². The number of likely N-dealkylation sites (tertiary alicyclic amines) is 1. The van der Waals surface area contributed by atoms with Crippen LogP contribution in [-0.4, -0.2) is 29.9 Å². The van der Waals surface area contributed by atoms with Gasteiger partial charge in [0, 0.05) is 30.0 Å². The highest BCUT2D eigenvalue weighted by Gasteiger charge is 2.30. The van der Waals surface area contributed by atoms with Gasteiger partial charge in [0.2, 0.25) is 0 Å². The lowest BCUT2D eigenvalue weighted by Gasteiger charge is -2.39. The van der Waals surface area contributed by atoms with Crippen molar-refractivity contribution >= 4 is 23.3 Å². The average molecular weight is 399 g/mol. The predicted molar refractivity (Wildman–Crippen MR) is 120 cm³/mol. The summed E-state index contributed by atoms with van der Waals surface area (Å²) in [5.41, 5.74) is 4.48. The Morgan fingerprint density at radius 2 is 1.57 bits per heavy atom. The second kappa shape index (κ2) is 8.82. The molecule has 3 aromatic rings. The largest absolute Gasteiger partial charge is 0.324 e. The van der Waals surface area contributed by atoms with Crippen LogP contribution in [-0.2, 0) is 6.42 Å². The molecule has 1 aliphatic rings. The van der Waals surface area contributed by atoms with Crippen molar-refractivity contribution in [2.45, 2.75) is 13.3 Å². The fourth-order valence-electron chi connectivity index (χ4n) is 3.71. The zero-order valence-electron chi connectivity index (χ0n) is 17.0. The molecule has 0 aliphatic carbocycles. The summed E-state index contributed by atoms with van der Waals surface area (Å²) in [5, 5.41) is 5.79. The molecule has 0 aromatic heterocycles. The molecule has 152 valence electrons. The molecular formula is C25H25N3O2. The molecule has 0 unspecified atom stereocenters. The minimum atomic E-state index is -0.180. The van der Waals surface area contributed by atoms with E-state index in [0.717, 1.165) is 19.5 Å². The third-order valence-electron chi connectivity index (χ3n) is 5.26. The van der Waals surface area contributed by atoms with Crippen molar-refractivity contribution < 1.29 is 9.59 Å². The van der Waals surface area contributed by atoms with E-state index in [9.17, 15) is 9.59 Å². The number of carbonyl (C=O) groups excluding carboxylic acids is 2. The summed E-state index contributed by atoms with van der Waals surface area (Å²) in [7, 11) is 0. The van der Waals surface area contributed by atoms with Crippen molar-refractivity contribution in [3.63, 3.8) is 0 Å². The van der Waals surface area contributed by atoms with Gasteiger partial charge in [0.1, 0.15) is 0 Å². The van der Waals surface area contributed by atoms with Crippen molar-refractivity contribution in [2.75, 3.05) is 23.7 Å². The molecule has 5 nitrogen and oxygen atoms in total. The van der Waals surface area contributed by atoms with Gasteiger partial charge in [-0.2, -0.15) is 0 Å². The standard InChI is InChI=1S/C25H25N3O2/c1-18-7-5-8-19(13-18)14-20-16-28(17-20)25(30)27-23-12-6-11-22(15-23)26-24(29)21-9-3-2-4-10-21/h2-13,15,20H,14,16-17H2,1H3,(H,26,29)(H,27,30). The first-order valence-electron chi connectivity index (χ1n) is 10.1. The molecule has 4 rings (SSSR count).